The molecular weight excluding hydrogens is 430 g/mol. The molecule has 0 atom stereocenters. The molecular formula is C20H20ClN3O5S. The quantitative estimate of drug-likeness (QED) is 0.577. The normalized spacial score (nSPS) is 10.8. The van der Waals surface area contributed by atoms with Crippen molar-refractivity contribution in [2.75, 3.05) is 19.0 Å². The van der Waals surface area contributed by atoms with E-state index in [0.29, 0.717) is 37.1 Å². The molecule has 0 fully saturated rings. The zero-order chi connectivity index (χ0) is 22.0. The van der Waals surface area contributed by atoms with Gasteiger partial charge in [0.2, 0.25) is 5.91 Å². The van der Waals surface area contributed by atoms with E-state index < -0.39 is 17.4 Å². The number of nitrogens with one attached hydrogen (secondary N) is 1. The van der Waals surface area contributed by atoms with E-state index in [1.807, 2.05) is 0 Å². The molecule has 0 aliphatic heterocycles. The summed E-state index contributed by atoms with van der Waals surface area (Å²) in [6.07, 6.45) is 1.29. The number of thiophene rings is 1. The number of hydrogen-bond donors (Lipinski definition) is 1. The lowest BCUT2D eigenvalue weighted by molar-refractivity contribution is -0.116. The molecule has 3 aromatic rings. The van der Waals surface area contributed by atoms with Gasteiger partial charge in [0.05, 0.1) is 31.1 Å². The third kappa shape index (κ3) is 4.17. The molecule has 0 spiro atoms. The Balaban J connectivity index is 1.89. The molecule has 30 heavy (non-hydrogen) atoms. The van der Waals surface area contributed by atoms with E-state index in [1.54, 1.807) is 32.9 Å². The highest BCUT2D eigenvalue weighted by molar-refractivity contribution is 7.20. The van der Waals surface area contributed by atoms with E-state index >= 15 is 0 Å². The summed E-state index contributed by atoms with van der Waals surface area (Å²) in [4.78, 5) is 42.6. The van der Waals surface area contributed by atoms with Crippen LogP contribution in [0.4, 0.5) is 5.69 Å². The Labute approximate surface area is 181 Å². The number of carbonyl (C=O) groups is 2. The van der Waals surface area contributed by atoms with Crippen molar-refractivity contribution in [3.8, 4) is 5.75 Å². The highest BCUT2D eigenvalue weighted by atomic mass is 35.5. The van der Waals surface area contributed by atoms with E-state index in [2.05, 4.69) is 10.3 Å². The lowest BCUT2D eigenvalue weighted by Gasteiger charge is -2.13. The molecule has 1 N–H and O–H groups in total. The molecule has 2 aromatic heterocycles. The molecule has 0 radical (unpaired) electrons. The number of esters is 1. The van der Waals surface area contributed by atoms with Crippen molar-refractivity contribution in [3.63, 3.8) is 0 Å². The Morgan fingerprint density at radius 3 is 2.70 bits per heavy atom. The van der Waals surface area contributed by atoms with E-state index in [-0.39, 0.29) is 13.2 Å². The van der Waals surface area contributed by atoms with Crippen LogP contribution in [0.3, 0.4) is 0 Å². The molecule has 0 aliphatic carbocycles. The first-order chi connectivity index (χ1) is 14.3. The number of aryl methyl sites for hydroxylation is 2. The molecule has 0 aliphatic rings. The lowest BCUT2D eigenvalue weighted by atomic mass is 10.2. The van der Waals surface area contributed by atoms with E-state index in [0.717, 1.165) is 16.9 Å². The Morgan fingerprint density at radius 2 is 2.03 bits per heavy atom. The SMILES string of the molecule is CCOC(=O)c1sc2ncn(CC(=O)Nc3cc(C)c(Cl)cc3OC)c(=O)c2c1C. The topological polar surface area (TPSA) is 99.5 Å². The summed E-state index contributed by atoms with van der Waals surface area (Å²) in [6, 6.07) is 3.30. The smallest absolute Gasteiger partial charge is 0.348 e. The molecule has 10 heteroatoms. The largest absolute Gasteiger partial charge is 0.495 e. The number of methoxy groups -OCH3 is 1. The highest BCUT2D eigenvalue weighted by Crippen LogP contribution is 2.31. The zero-order valence-corrected chi connectivity index (χ0v) is 18.4. The molecule has 1 aromatic carbocycles. The first kappa shape index (κ1) is 21.8. The summed E-state index contributed by atoms with van der Waals surface area (Å²) in [5.74, 6) is -0.517. The number of aromatic nitrogens is 2. The molecule has 1 amide bonds. The van der Waals surface area contributed by atoms with Crippen molar-refractivity contribution in [2.24, 2.45) is 0 Å². The molecule has 0 unspecified atom stereocenters. The van der Waals surface area contributed by atoms with Crippen LogP contribution in [0.25, 0.3) is 10.2 Å². The highest BCUT2D eigenvalue weighted by Gasteiger charge is 2.21. The number of anilines is 1. The van der Waals surface area contributed by atoms with Crippen LogP contribution in [0, 0.1) is 13.8 Å². The Hall–Kier alpha value is -2.91. The molecule has 2 heterocycles. The van der Waals surface area contributed by atoms with Crippen LogP contribution >= 0.6 is 22.9 Å². The maximum absolute atomic E-state index is 12.9. The van der Waals surface area contributed by atoms with Crippen molar-refractivity contribution in [3.05, 3.63) is 49.8 Å². The Kier molecular flexibility index (Phi) is 6.42. The Morgan fingerprint density at radius 1 is 1.30 bits per heavy atom. The van der Waals surface area contributed by atoms with Crippen molar-refractivity contribution < 1.29 is 19.1 Å². The summed E-state index contributed by atoms with van der Waals surface area (Å²) in [5, 5.41) is 3.55. The monoisotopic (exact) mass is 449 g/mol. The van der Waals surface area contributed by atoms with Gasteiger partial charge >= 0.3 is 5.97 Å². The van der Waals surface area contributed by atoms with Gasteiger partial charge in [-0.3, -0.25) is 14.2 Å². The molecule has 158 valence electrons. The van der Waals surface area contributed by atoms with Gasteiger partial charge in [-0.05, 0) is 38.0 Å². The summed E-state index contributed by atoms with van der Waals surface area (Å²) in [7, 11) is 1.47. The van der Waals surface area contributed by atoms with Crippen LogP contribution in [-0.4, -0.2) is 35.1 Å². The average Bonchev–Trinajstić information content (AvgIpc) is 3.04. The third-order valence-electron chi connectivity index (χ3n) is 4.45. The van der Waals surface area contributed by atoms with Crippen LogP contribution < -0.4 is 15.6 Å². The number of ether oxygens (including phenoxy) is 2. The minimum absolute atomic E-state index is 0.234. The van der Waals surface area contributed by atoms with Crippen molar-refractivity contribution in [1.82, 2.24) is 9.55 Å². The second-order valence-corrected chi connectivity index (χ2v) is 7.89. The first-order valence-electron chi connectivity index (χ1n) is 9.06. The third-order valence-corrected chi connectivity index (χ3v) is 6.03. The maximum Gasteiger partial charge on any atom is 0.348 e. The van der Waals surface area contributed by atoms with Gasteiger partial charge in [0, 0.05) is 11.1 Å². The fourth-order valence-corrected chi connectivity index (χ4v) is 4.12. The van der Waals surface area contributed by atoms with Crippen LogP contribution in [-0.2, 0) is 16.1 Å². The number of rotatable bonds is 6. The molecule has 3 rings (SSSR count). The van der Waals surface area contributed by atoms with Crippen molar-refractivity contribution >= 4 is 50.7 Å². The van der Waals surface area contributed by atoms with Gasteiger partial charge in [0.1, 0.15) is 22.0 Å². The summed E-state index contributed by atoms with van der Waals surface area (Å²) in [6.45, 7) is 5.16. The fraction of sp³-hybridized carbons (Fsp3) is 0.300. The molecule has 0 bridgehead atoms. The van der Waals surface area contributed by atoms with Crippen LogP contribution in [0.1, 0.15) is 27.7 Å². The van der Waals surface area contributed by atoms with Gasteiger partial charge in [-0.1, -0.05) is 11.6 Å². The van der Waals surface area contributed by atoms with Gasteiger partial charge in [-0.15, -0.1) is 11.3 Å². The van der Waals surface area contributed by atoms with Gasteiger partial charge < -0.3 is 14.8 Å². The number of fused-ring (bicyclic) bond motifs is 1. The van der Waals surface area contributed by atoms with Crippen molar-refractivity contribution in [2.45, 2.75) is 27.3 Å². The van der Waals surface area contributed by atoms with E-state index in [1.165, 1.54) is 18.0 Å². The summed E-state index contributed by atoms with van der Waals surface area (Å²) >= 11 is 7.18. The standard InChI is InChI=1S/C20H20ClN3O5S/c1-5-29-20(27)17-11(3)16-18(30-17)22-9-24(19(16)26)8-15(25)23-13-6-10(2)12(21)7-14(13)28-4/h6-7,9H,5,8H2,1-4H3,(H,23,25). The average molecular weight is 450 g/mol. The van der Waals surface area contributed by atoms with Crippen molar-refractivity contribution in [1.29, 1.82) is 0 Å². The Bertz CT molecular complexity index is 1200. The second kappa shape index (κ2) is 8.85. The first-order valence-corrected chi connectivity index (χ1v) is 10.3. The minimum atomic E-state index is -0.494. The maximum atomic E-state index is 12.9. The second-order valence-electron chi connectivity index (χ2n) is 6.48. The number of hydrogen-bond acceptors (Lipinski definition) is 7. The van der Waals surface area contributed by atoms with Crippen LogP contribution in [0.5, 0.6) is 5.75 Å². The number of benzene rings is 1. The predicted molar refractivity (Wildman–Crippen MR) is 116 cm³/mol. The van der Waals surface area contributed by atoms with Gasteiger partial charge in [-0.2, -0.15) is 0 Å². The zero-order valence-electron chi connectivity index (χ0n) is 16.9. The number of carbonyl (C=O) groups excluding carboxylic acids is 2. The summed E-state index contributed by atoms with van der Waals surface area (Å²) in [5.41, 5.74) is 1.31. The lowest BCUT2D eigenvalue weighted by Crippen LogP contribution is -2.28. The number of amides is 1. The minimum Gasteiger partial charge on any atom is -0.495 e. The van der Waals surface area contributed by atoms with E-state index in [4.69, 9.17) is 21.1 Å². The van der Waals surface area contributed by atoms with Gasteiger partial charge in [0.15, 0.2) is 0 Å². The van der Waals surface area contributed by atoms with Crippen LogP contribution in [0.2, 0.25) is 5.02 Å². The molecule has 8 nitrogen and oxygen atoms in total. The van der Waals surface area contributed by atoms with Gasteiger partial charge in [0.25, 0.3) is 5.56 Å². The number of halogens is 1. The van der Waals surface area contributed by atoms with Gasteiger partial charge in [-0.25, -0.2) is 9.78 Å². The predicted octanol–water partition coefficient (Wildman–Crippen LogP) is 3.55. The number of nitrogens with zero attached hydrogens (tertiary/aromatic N) is 2. The summed E-state index contributed by atoms with van der Waals surface area (Å²) < 4.78 is 11.5. The fourth-order valence-electron chi connectivity index (χ4n) is 2.94. The van der Waals surface area contributed by atoms with Crippen LogP contribution in [0.15, 0.2) is 23.3 Å². The van der Waals surface area contributed by atoms with E-state index in [9.17, 15) is 14.4 Å². The molecule has 0 saturated heterocycles. The molecule has 0 saturated carbocycles.